The number of alkyl halides is 2. The zero-order valence-corrected chi connectivity index (χ0v) is 10.8. The third-order valence-electron chi connectivity index (χ3n) is 1.94. The van der Waals surface area contributed by atoms with Gasteiger partial charge in [0.15, 0.2) is 0 Å². The summed E-state index contributed by atoms with van der Waals surface area (Å²) in [7, 11) is 0. The number of amides is 1. The Hall–Kier alpha value is -0.720. The highest BCUT2D eigenvalue weighted by atomic mass is 79.9. The number of aliphatic hydroxyl groups is 1. The molecule has 3 nitrogen and oxygen atoms in total. The lowest BCUT2D eigenvalue weighted by molar-refractivity contribution is -0.00270. The summed E-state index contributed by atoms with van der Waals surface area (Å²) in [5, 5.41) is 11.4. The Balaban J connectivity index is 2.67. The molecule has 7 heteroatoms. The Morgan fingerprint density at radius 2 is 2.18 bits per heavy atom. The van der Waals surface area contributed by atoms with Gasteiger partial charge in [0.1, 0.15) is 6.10 Å². The van der Waals surface area contributed by atoms with Crippen LogP contribution in [0.1, 0.15) is 10.4 Å². The minimum Gasteiger partial charge on any atom is -0.385 e. The van der Waals surface area contributed by atoms with Crippen LogP contribution in [0.4, 0.5) is 8.78 Å². The minimum atomic E-state index is -2.89. The topological polar surface area (TPSA) is 49.3 Å². The second-order valence-corrected chi connectivity index (χ2v) is 4.53. The molecule has 1 rings (SSSR count). The van der Waals surface area contributed by atoms with Gasteiger partial charge in [0.05, 0.1) is 5.56 Å². The highest BCUT2D eigenvalue weighted by molar-refractivity contribution is 9.10. The standard InChI is InChI=1S/C10H9BrClF2NO2/c11-7-2-1-5(12)3-6(7)10(17)15-4-8(16)9(13)14/h1-3,8-9,16H,4H2,(H,15,17). The zero-order chi connectivity index (χ0) is 13.0. The molecular formula is C10H9BrClF2NO2. The summed E-state index contributed by atoms with van der Waals surface area (Å²) in [6, 6.07) is 4.55. The van der Waals surface area contributed by atoms with Crippen LogP contribution in [0.15, 0.2) is 22.7 Å². The highest BCUT2D eigenvalue weighted by Gasteiger charge is 2.18. The molecule has 94 valence electrons. The van der Waals surface area contributed by atoms with E-state index in [-0.39, 0.29) is 5.56 Å². The molecule has 1 unspecified atom stereocenters. The van der Waals surface area contributed by atoms with E-state index in [0.717, 1.165) is 0 Å². The van der Waals surface area contributed by atoms with E-state index < -0.39 is 25.0 Å². The molecule has 17 heavy (non-hydrogen) atoms. The Morgan fingerprint density at radius 1 is 1.53 bits per heavy atom. The van der Waals surface area contributed by atoms with E-state index in [1.165, 1.54) is 6.07 Å². The Morgan fingerprint density at radius 3 is 2.76 bits per heavy atom. The summed E-state index contributed by atoms with van der Waals surface area (Å²) < 4.78 is 24.5. The van der Waals surface area contributed by atoms with Crippen LogP contribution >= 0.6 is 27.5 Å². The smallest absolute Gasteiger partial charge is 0.265 e. The van der Waals surface area contributed by atoms with E-state index in [9.17, 15) is 13.6 Å². The molecule has 0 heterocycles. The largest absolute Gasteiger partial charge is 0.385 e. The Labute approximate surface area is 110 Å². The predicted molar refractivity (Wildman–Crippen MR) is 63.5 cm³/mol. The van der Waals surface area contributed by atoms with E-state index in [1.54, 1.807) is 12.1 Å². The highest BCUT2D eigenvalue weighted by Crippen LogP contribution is 2.21. The molecule has 1 aromatic carbocycles. The second-order valence-electron chi connectivity index (χ2n) is 3.24. The van der Waals surface area contributed by atoms with Crippen LogP contribution in [0.5, 0.6) is 0 Å². The van der Waals surface area contributed by atoms with Gasteiger partial charge in [0, 0.05) is 16.0 Å². The summed E-state index contributed by atoms with van der Waals surface area (Å²) in [6.45, 7) is -0.518. The average molecular weight is 329 g/mol. The molecule has 0 bridgehead atoms. The number of hydrogen-bond donors (Lipinski definition) is 2. The molecule has 0 aliphatic carbocycles. The summed E-state index contributed by atoms with van der Waals surface area (Å²) in [4.78, 5) is 11.6. The average Bonchev–Trinajstić information content (AvgIpc) is 2.28. The molecule has 0 aromatic heterocycles. The number of aliphatic hydroxyl groups excluding tert-OH is 1. The fraction of sp³-hybridized carbons (Fsp3) is 0.300. The van der Waals surface area contributed by atoms with Crippen molar-refractivity contribution < 1.29 is 18.7 Å². The first-order valence-corrected chi connectivity index (χ1v) is 5.78. The van der Waals surface area contributed by atoms with Crippen LogP contribution in [0, 0.1) is 0 Å². The molecule has 0 radical (unpaired) electrons. The van der Waals surface area contributed by atoms with Crippen molar-refractivity contribution in [3.8, 4) is 0 Å². The Bertz CT molecular complexity index is 417. The van der Waals surface area contributed by atoms with E-state index in [0.29, 0.717) is 9.50 Å². The van der Waals surface area contributed by atoms with Gasteiger partial charge in [-0.15, -0.1) is 0 Å². The number of carbonyl (C=O) groups excluding carboxylic acids is 1. The van der Waals surface area contributed by atoms with E-state index in [4.69, 9.17) is 16.7 Å². The van der Waals surface area contributed by atoms with E-state index >= 15 is 0 Å². The van der Waals surface area contributed by atoms with Crippen molar-refractivity contribution in [1.29, 1.82) is 0 Å². The SMILES string of the molecule is O=C(NCC(O)C(F)F)c1cc(Cl)ccc1Br. The fourth-order valence-electron chi connectivity index (χ4n) is 1.05. The second kappa shape index (κ2) is 6.28. The van der Waals surface area contributed by atoms with Gasteiger partial charge in [0.2, 0.25) is 0 Å². The van der Waals surface area contributed by atoms with E-state index in [2.05, 4.69) is 21.2 Å². The lowest BCUT2D eigenvalue weighted by Crippen LogP contribution is -2.35. The summed E-state index contributed by atoms with van der Waals surface area (Å²) >= 11 is 8.84. The van der Waals surface area contributed by atoms with Gasteiger partial charge in [-0.2, -0.15) is 0 Å². The van der Waals surface area contributed by atoms with E-state index in [1.807, 2.05) is 0 Å². The molecule has 1 atom stereocenters. The maximum atomic E-state index is 12.0. The van der Waals surface area contributed by atoms with Gasteiger partial charge < -0.3 is 10.4 Å². The Kier molecular flexibility index (Phi) is 5.30. The van der Waals surface area contributed by atoms with Crippen molar-refractivity contribution in [2.45, 2.75) is 12.5 Å². The zero-order valence-electron chi connectivity index (χ0n) is 8.46. The van der Waals surface area contributed by atoms with Crippen molar-refractivity contribution in [3.63, 3.8) is 0 Å². The van der Waals surface area contributed by atoms with Crippen LogP contribution in [0.3, 0.4) is 0 Å². The van der Waals surface area contributed by atoms with Crippen molar-refractivity contribution in [2.75, 3.05) is 6.54 Å². The van der Waals surface area contributed by atoms with Crippen LogP contribution in [0.25, 0.3) is 0 Å². The minimum absolute atomic E-state index is 0.221. The maximum absolute atomic E-state index is 12.0. The van der Waals surface area contributed by atoms with Crippen LogP contribution in [-0.2, 0) is 0 Å². The first-order valence-electron chi connectivity index (χ1n) is 4.61. The first kappa shape index (κ1) is 14.3. The predicted octanol–water partition coefficient (Wildman–Crippen LogP) is 2.46. The molecule has 0 aliphatic rings. The number of halogens is 4. The molecule has 1 amide bonds. The molecule has 0 saturated heterocycles. The number of carbonyl (C=O) groups is 1. The van der Waals surface area contributed by atoms with Gasteiger partial charge in [-0.05, 0) is 34.1 Å². The normalized spacial score (nSPS) is 12.6. The number of rotatable bonds is 4. The van der Waals surface area contributed by atoms with Crippen molar-refractivity contribution in [1.82, 2.24) is 5.32 Å². The van der Waals surface area contributed by atoms with Crippen LogP contribution < -0.4 is 5.32 Å². The third-order valence-corrected chi connectivity index (χ3v) is 2.86. The summed E-state index contributed by atoms with van der Waals surface area (Å²) in [5.74, 6) is -0.584. The fourth-order valence-corrected chi connectivity index (χ4v) is 1.65. The monoisotopic (exact) mass is 327 g/mol. The van der Waals surface area contributed by atoms with Gasteiger partial charge in [-0.25, -0.2) is 8.78 Å². The molecule has 1 aromatic rings. The van der Waals surface area contributed by atoms with Crippen molar-refractivity contribution >= 4 is 33.4 Å². The number of benzene rings is 1. The molecule has 2 N–H and O–H groups in total. The van der Waals surface area contributed by atoms with Crippen LogP contribution in [-0.4, -0.2) is 30.1 Å². The lowest BCUT2D eigenvalue weighted by Gasteiger charge is -2.11. The van der Waals surface area contributed by atoms with Gasteiger partial charge in [-0.3, -0.25) is 4.79 Å². The van der Waals surface area contributed by atoms with Gasteiger partial charge in [-0.1, -0.05) is 11.6 Å². The third kappa shape index (κ3) is 4.22. The lowest BCUT2D eigenvalue weighted by atomic mass is 10.2. The summed E-state index contributed by atoms with van der Waals surface area (Å²) in [6.07, 6.45) is -4.77. The van der Waals surface area contributed by atoms with Gasteiger partial charge in [0.25, 0.3) is 12.3 Å². The summed E-state index contributed by atoms with van der Waals surface area (Å²) in [5.41, 5.74) is 0.221. The molecule has 0 fully saturated rings. The quantitative estimate of drug-likeness (QED) is 0.892. The van der Waals surface area contributed by atoms with Crippen molar-refractivity contribution in [2.24, 2.45) is 0 Å². The van der Waals surface area contributed by atoms with Gasteiger partial charge >= 0.3 is 0 Å². The molecule has 0 spiro atoms. The number of nitrogens with one attached hydrogen (secondary N) is 1. The van der Waals surface area contributed by atoms with Crippen LogP contribution in [0.2, 0.25) is 5.02 Å². The van der Waals surface area contributed by atoms with Crippen molar-refractivity contribution in [3.05, 3.63) is 33.3 Å². The first-order chi connectivity index (χ1) is 7.91. The molecule has 0 saturated carbocycles. The molecule has 0 aliphatic heterocycles. The molecular weight excluding hydrogens is 319 g/mol. The maximum Gasteiger partial charge on any atom is 0.265 e. The number of hydrogen-bond acceptors (Lipinski definition) is 2.